The van der Waals surface area contributed by atoms with Gasteiger partial charge < -0.3 is 10.6 Å². The maximum Gasteiger partial charge on any atom is 0.255 e. The van der Waals surface area contributed by atoms with Gasteiger partial charge in [-0.05, 0) is 72.1 Å². The molecule has 0 radical (unpaired) electrons. The van der Waals surface area contributed by atoms with Gasteiger partial charge in [0, 0.05) is 28.9 Å². The molecule has 0 aliphatic rings. The molecule has 0 heterocycles. The quantitative estimate of drug-likeness (QED) is 0.627. The molecule has 0 bridgehead atoms. The summed E-state index contributed by atoms with van der Waals surface area (Å²) in [5.74, 6) is -0.356. The van der Waals surface area contributed by atoms with Crippen LogP contribution in [0.5, 0.6) is 0 Å². The topological polar surface area (TPSA) is 58.2 Å². The molecule has 0 spiro atoms. The van der Waals surface area contributed by atoms with Crippen LogP contribution in [0.15, 0.2) is 66.7 Å². The summed E-state index contributed by atoms with van der Waals surface area (Å²) >= 11 is 6.06. The summed E-state index contributed by atoms with van der Waals surface area (Å²) in [5.41, 5.74) is 4.93. The van der Waals surface area contributed by atoms with Gasteiger partial charge in [-0.1, -0.05) is 29.8 Å². The number of aryl methyl sites for hydroxylation is 1. The van der Waals surface area contributed by atoms with Gasteiger partial charge in [-0.25, -0.2) is 0 Å². The van der Waals surface area contributed by atoms with E-state index < -0.39 is 0 Å². The van der Waals surface area contributed by atoms with Crippen molar-refractivity contribution < 1.29 is 9.59 Å². The van der Waals surface area contributed by atoms with Crippen molar-refractivity contribution in [2.75, 3.05) is 10.6 Å². The Balaban J connectivity index is 1.75. The largest absolute Gasteiger partial charge is 0.326 e. The molecule has 5 heteroatoms. The zero-order valence-electron chi connectivity index (χ0n) is 15.0. The van der Waals surface area contributed by atoms with Gasteiger partial charge in [0.05, 0.1) is 0 Å². The minimum absolute atomic E-state index is 0.150. The molecular formula is C22H19ClN2O2. The molecule has 0 aliphatic heterocycles. The first-order valence-electron chi connectivity index (χ1n) is 8.48. The van der Waals surface area contributed by atoms with Crippen LogP contribution in [0.3, 0.4) is 0 Å². The van der Waals surface area contributed by atoms with Crippen molar-refractivity contribution in [3.05, 3.63) is 82.9 Å². The van der Waals surface area contributed by atoms with Crippen molar-refractivity contribution >= 4 is 34.8 Å². The lowest BCUT2D eigenvalue weighted by molar-refractivity contribution is -0.114. The Kier molecular flexibility index (Phi) is 5.57. The fraction of sp³-hybridized carbons (Fsp3) is 0.0909. The lowest BCUT2D eigenvalue weighted by Gasteiger charge is -2.11. The number of hydrogen-bond acceptors (Lipinski definition) is 2. The summed E-state index contributed by atoms with van der Waals surface area (Å²) < 4.78 is 0. The van der Waals surface area contributed by atoms with Crippen molar-refractivity contribution in [3.63, 3.8) is 0 Å². The Bertz CT molecular complexity index is 997. The highest BCUT2D eigenvalue weighted by molar-refractivity contribution is 6.30. The zero-order chi connectivity index (χ0) is 19.4. The first-order chi connectivity index (χ1) is 12.9. The molecule has 3 rings (SSSR count). The van der Waals surface area contributed by atoms with Gasteiger partial charge in [0.1, 0.15) is 0 Å². The van der Waals surface area contributed by atoms with Gasteiger partial charge in [0.2, 0.25) is 5.91 Å². The van der Waals surface area contributed by atoms with Crippen LogP contribution in [0.2, 0.25) is 5.02 Å². The number of halogens is 1. The van der Waals surface area contributed by atoms with Crippen molar-refractivity contribution in [1.82, 2.24) is 0 Å². The van der Waals surface area contributed by atoms with E-state index in [0.29, 0.717) is 16.3 Å². The zero-order valence-corrected chi connectivity index (χ0v) is 15.8. The summed E-state index contributed by atoms with van der Waals surface area (Å²) in [5, 5.41) is 6.29. The number of carbonyl (C=O) groups is 2. The molecule has 3 aromatic rings. The average molecular weight is 379 g/mol. The predicted octanol–water partition coefficient (Wildman–Crippen LogP) is 5.53. The van der Waals surface area contributed by atoms with Crippen LogP contribution in [-0.2, 0) is 4.79 Å². The van der Waals surface area contributed by atoms with Crippen molar-refractivity contribution in [2.24, 2.45) is 0 Å². The molecule has 0 unspecified atom stereocenters. The number of nitrogens with one attached hydrogen (secondary N) is 2. The number of amides is 2. The van der Waals surface area contributed by atoms with E-state index in [9.17, 15) is 9.59 Å². The lowest BCUT2D eigenvalue weighted by Crippen LogP contribution is -2.13. The molecule has 0 fully saturated rings. The summed E-state index contributed by atoms with van der Waals surface area (Å²) in [6.07, 6.45) is 0. The van der Waals surface area contributed by atoms with Crippen molar-refractivity contribution in [2.45, 2.75) is 13.8 Å². The second-order valence-electron chi connectivity index (χ2n) is 6.25. The highest BCUT2D eigenvalue weighted by Gasteiger charge is 2.09. The van der Waals surface area contributed by atoms with Crippen LogP contribution in [0.1, 0.15) is 22.8 Å². The summed E-state index contributed by atoms with van der Waals surface area (Å²) in [6.45, 7) is 3.39. The number of anilines is 2. The average Bonchev–Trinajstić information content (AvgIpc) is 2.63. The van der Waals surface area contributed by atoms with Crippen LogP contribution < -0.4 is 10.6 Å². The van der Waals surface area contributed by atoms with Crippen LogP contribution in [0, 0.1) is 6.92 Å². The smallest absolute Gasteiger partial charge is 0.255 e. The Morgan fingerprint density at radius 2 is 1.56 bits per heavy atom. The van der Waals surface area contributed by atoms with E-state index in [2.05, 4.69) is 10.6 Å². The van der Waals surface area contributed by atoms with Gasteiger partial charge in [-0.3, -0.25) is 9.59 Å². The maximum absolute atomic E-state index is 12.5. The first-order valence-corrected chi connectivity index (χ1v) is 8.86. The fourth-order valence-corrected chi connectivity index (χ4v) is 2.94. The molecule has 0 saturated carbocycles. The normalized spacial score (nSPS) is 10.3. The molecule has 2 amide bonds. The molecule has 136 valence electrons. The third-order valence-corrected chi connectivity index (χ3v) is 4.34. The second-order valence-corrected chi connectivity index (χ2v) is 6.69. The van der Waals surface area contributed by atoms with E-state index in [-0.39, 0.29) is 11.8 Å². The molecular weight excluding hydrogens is 360 g/mol. The highest BCUT2D eigenvalue weighted by Crippen LogP contribution is 2.27. The van der Waals surface area contributed by atoms with Gasteiger partial charge in [0.25, 0.3) is 5.91 Å². The number of hydrogen-bond donors (Lipinski definition) is 2. The predicted molar refractivity (Wildman–Crippen MR) is 110 cm³/mol. The summed E-state index contributed by atoms with van der Waals surface area (Å²) in [7, 11) is 0. The third kappa shape index (κ3) is 4.74. The monoisotopic (exact) mass is 378 g/mol. The van der Waals surface area contributed by atoms with Crippen LogP contribution in [-0.4, -0.2) is 11.8 Å². The van der Waals surface area contributed by atoms with Crippen molar-refractivity contribution in [1.29, 1.82) is 0 Å². The standard InChI is InChI=1S/C22H19ClN2O2/c1-14-12-18(17-4-3-5-19(23)13-17)8-11-21(14)25-22(27)16-6-9-20(10-7-16)24-15(2)26/h3-13H,1-2H3,(H,24,26)(H,25,27). The Morgan fingerprint density at radius 3 is 2.19 bits per heavy atom. The fourth-order valence-electron chi connectivity index (χ4n) is 2.75. The molecule has 2 N–H and O–H groups in total. The van der Waals surface area contributed by atoms with Gasteiger partial charge in [-0.15, -0.1) is 0 Å². The molecule has 0 saturated heterocycles. The van der Waals surface area contributed by atoms with Gasteiger partial charge in [0.15, 0.2) is 0 Å². The lowest BCUT2D eigenvalue weighted by atomic mass is 10.0. The van der Waals surface area contributed by atoms with E-state index in [1.165, 1.54) is 6.92 Å². The Labute approximate surface area is 163 Å². The first kappa shape index (κ1) is 18.7. The van der Waals surface area contributed by atoms with Crippen LogP contribution in [0.4, 0.5) is 11.4 Å². The molecule has 4 nitrogen and oxygen atoms in total. The Morgan fingerprint density at radius 1 is 0.852 bits per heavy atom. The highest BCUT2D eigenvalue weighted by atomic mass is 35.5. The summed E-state index contributed by atoms with van der Waals surface area (Å²) in [4.78, 5) is 23.5. The molecule has 0 atom stereocenters. The third-order valence-electron chi connectivity index (χ3n) is 4.10. The van der Waals surface area contributed by atoms with Gasteiger partial charge >= 0.3 is 0 Å². The minimum Gasteiger partial charge on any atom is -0.326 e. The summed E-state index contributed by atoms with van der Waals surface area (Å²) in [6, 6.07) is 20.3. The van der Waals surface area contributed by atoms with E-state index in [4.69, 9.17) is 11.6 Å². The van der Waals surface area contributed by atoms with E-state index in [0.717, 1.165) is 22.4 Å². The number of rotatable bonds is 4. The molecule has 0 aliphatic carbocycles. The molecule has 27 heavy (non-hydrogen) atoms. The minimum atomic E-state index is -0.206. The second kappa shape index (κ2) is 8.06. The van der Waals surface area contributed by atoms with Crippen LogP contribution >= 0.6 is 11.6 Å². The van der Waals surface area contributed by atoms with E-state index >= 15 is 0 Å². The van der Waals surface area contributed by atoms with E-state index in [1.807, 2.05) is 49.4 Å². The number of carbonyl (C=O) groups excluding carboxylic acids is 2. The van der Waals surface area contributed by atoms with Crippen LogP contribution in [0.25, 0.3) is 11.1 Å². The van der Waals surface area contributed by atoms with Gasteiger partial charge in [-0.2, -0.15) is 0 Å². The Hall–Kier alpha value is -3.11. The maximum atomic E-state index is 12.5. The van der Waals surface area contributed by atoms with Crippen molar-refractivity contribution in [3.8, 4) is 11.1 Å². The molecule has 0 aromatic heterocycles. The SMILES string of the molecule is CC(=O)Nc1ccc(C(=O)Nc2ccc(-c3cccc(Cl)c3)cc2C)cc1. The molecule has 3 aromatic carbocycles. The van der Waals surface area contributed by atoms with E-state index in [1.54, 1.807) is 24.3 Å². The number of benzene rings is 3.